The summed E-state index contributed by atoms with van der Waals surface area (Å²) >= 11 is 0. The summed E-state index contributed by atoms with van der Waals surface area (Å²) < 4.78 is 0. The Hall–Kier alpha value is -1.58. The Balaban J connectivity index is 0.00000176. The van der Waals surface area contributed by atoms with Crippen molar-refractivity contribution in [1.29, 1.82) is 0 Å². The molecule has 0 heterocycles. The Labute approximate surface area is 137 Å². The molecule has 0 spiro atoms. The standard InChI is InChI=1S/C18H22N2O.ClH/c19-13-18(9-3-4-10-18)20-17(21)12-14-7-8-15-5-1-2-6-16(15)11-14;/h1-2,5-8,11H,3-4,9-10,12-13,19H2,(H,20,21);1H. The van der Waals surface area contributed by atoms with Crippen LogP contribution in [0.15, 0.2) is 42.5 Å². The van der Waals surface area contributed by atoms with Gasteiger partial charge in [-0.25, -0.2) is 0 Å². The molecule has 0 atom stereocenters. The Morgan fingerprint density at radius 1 is 1.09 bits per heavy atom. The minimum atomic E-state index is -0.159. The van der Waals surface area contributed by atoms with Crippen LogP contribution in [-0.2, 0) is 11.2 Å². The van der Waals surface area contributed by atoms with Crippen LogP contribution in [0.5, 0.6) is 0 Å². The lowest BCUT2D eigenvalue weighted by atomic mass is 9.97. The molecular formula is C18H23ClN2O. The van der Waals surface area contributed by atoms with E-state index in [2.05, 4.69) is 29.6 Å². The highest BCUT2D eigenvalue weighted by atomic mass is 35.5. The van der Waals surface area contributed by atoms with Crippen LogP contribution in [-0.4, -0.2) is 18.0 Å². The number of nitrogens with one attached hydrogen (secondary N) is 1. The molecule has 3 N–H and O–H groups in total. The lowest BCUT2D eigenvalue weighted by Crippen LogP contribution is -2.52. The van der Waals surface area contributed by atoms with E-state index in [1.807, 2.05) is 18.2 Å². The maximum absolute atomic E-state index is 12.3. The third kappa shape index (κ3) is 3.60. The van der Waals surface area contributed by atoms with Crippen LogP contribution in [0.3, 0.4) is 0 Å². The average molecular weight is 319 g/mol. The van der Waals surface area contributed by atoms with Gasteiger partial charge in [-0.1, -0.05) is 55.3 Å². The monoisotopic (exact) mass is 318 g/mol. The number of carbonyl (C=O) groups is 1. The van der Waals surface area contributed by atoms with Gasteiger partial charge >= 0.3 is 0 Å². The molecule has 1 aliphatic rings. The summed E-state index contributed by atoms with van der Waals surface area (Å²) in [6, 6.07) is 14.4. The largest absolute Gasteiger partial charge is 0.349 e. The van der Waals surface area contributed by atoms with Crippen LogP contribution in [0.1, 0.15) is 31.2 Å². The topological polar surface area (TPSA) is 55.1 Å². The van der Waals surface area contributed by atoms with E-state index in [1.54, 1.807) is 0 Å². The lowest BCUT2D eigenvalue weighted by molar-refractivity contribution is -0.122. The van der Waals surface area contributed by atoms with E-state index < -0.39 is 0 Å². The first-order valence-electron chi connectivity index (χ1n) is 7.70. The predicted molar refractivity (Wildman–Crippen MR) is 93.3 cm³/mol. The minimum Gasteiger partial charge on any atom is -0.349 e. The SMILES string of the molecule is Cl.NCC1(NC(=O)Cc2ccc3ccccc3c2)CCCC1. The molecule has 3 rings (SSSR count). The number of nitrogens with two attached hydrogens (primary N) is 1. The van der Waals surface area contributed by atoms with E-state index >= 15 is 0 Å². The van der Waals surface area contributed by atoms with Gasteiger partial charge in [0.25, 0.3) is 0 Å². The zero-order valence-corrected chi connectivity index (χ0v) is 13.5. The molecule has 118 valence electrons. The molecule has 0 aliphatic heterocycles. The highest BCUT2D eigenvalue weighted by molar-refractivity contribution is 5.86. The van der Waals surface area contributed by atoms with Crippen molar-refractivity contribution in [3.63, 3.8) is 0 Å². The van der Waals surface area contributed by atoms with Crippen molar-refractivity contribution in [2.24, 2.45) is 5.73 Å². The molecule has 0 saturated heterocycles. The third-order valence-corrected chi connectivity index (χ3v) is 4.53. The molecule has 1 fully saturated rings. The summed E-state index contributed by atoms with van der Waals surface area (Å²) in [6.07, 6.45) is 4.76. The number of carbonyl (C=O) groups excluding carboxylic acids is 1. The molecular weight excluding hydrogens is 296 g/mol. The van der Waals surface area contributed by atoms with Gasteiger partial charge in [-0.3, -0.25) is 4.79 Å². The second-order valence-electron chi connectivity index (χ2n) is 6.10. The van der Waals surface area contributed by atoms with Gasteiger partial charge in [0.15, 0.2) is 0 Å². The molecule has 3 nitrogen and oxygen atoms in total. The normalized spacial score (nSPS) is 16.2. The number of halogens is 1. The van der Waals surface area contributed by atoms with E-state index in [-0.39, 0.29) is 23.9 Å². The highest BCUT2D eigenvalue weighted by Gasteiger charge is 2.33. The van der Waals surface area contributed by atoms with Crippen molar-refractivity contribution in [3.05, 3.63) is 48.0 Å². The van der Waals surface area contributed by atoms with Gasteiger partial charge in [0.2, 0.25) is 5.91 Å². The van der Waals surface area contributed by atoms with E-state index in [4.69, 9.17) is 5.73 Å². The molecule has 4 heteroatoms. The summed E-state index contributed by atoms with van der Waals surface area (Å²) in [5, 5.41) is 5.56. The number of benzene rings is 2. The van der Waals surface area contributed by atoms with Crippen LogP contribution in [0.4, 0.5) is 0 Å². The van der Waals surface area contributed by atoms with Crippen molar-refractivity contribution in [3.8, 4) is 0 Å². The first-order chi connectivity index (χ1) is 10.2. The summed E-state index contributed by atoms with van der Waals surface area (Å²) in [4.78, 5) is 12.3. The van der Waals surface area contributed by atoms with E-state index in [0.717, 1.165) is 31.2 Å². The minimum absolute atomic E-state index is 0. The molecule has 1 aliphatic carbocycles. The van der Waals surface area contributed by atoms with E-state index in [0.29, 0.717) is 13.0 Å². The first-order valence-corrected chi connectivity index (χ1v) is 7.70. The summed E-state index contributed by atoms with van der Waals surface area (Å²) in [5.74, 6) is 0.0811. The van der Waals surface area contributed by atoms with Crippen LogP contribution >= 0.6 is 12.4 Å². The molecule has 0 unspecified atom stereocenters. The fourth-order valence-electron chi connectivity index (χ4n) is 3.31. The van der Waals surface area contributed by atoms with Crippen molar-refractivity contribution in [1.82, 2.24) is 5.32 Å². The zero-order valence-electron chi connectivity index (χ0n) is 12.7. The fraction of sp³-hybridized carbons (Fsp3) is 0.389. The van der Waals surface area contributed by atoms with E-state index in [9.17, 15) is 4.79 Å². The summed E-state index contributed by atoms with van der Waals surface area (Å²) in [5.41, 5.74) is 6.76. The molecule has 0 bridgehead atoms. The molecule has 1 saturated carbocycles. The molecule has 2 aromatic rings. The number of rotatable bonds is 4. The van der Waals surface area contributed by atoms with Gasteiger partial charge in [0.1, 0.15) is 0 Å². The van der Waals surface area contributed by atoms with Crippen molar-refractivity contribution in [2.75, 3.05) is 6.54 Å². The van der Waals surface area contributed by atoms with Crippen molar-refractivity contribution >= 4 is 29.1 Å². The van der Waals surface area contributed by atoms with Crippen LogP contribution in [0.25, 0.3) is 10.8 Å². The summed E-state index contributed by atoms with van der Waals surface area (Å²) in [6.45, 7) is 0.538. The van der Waals surface area contributed by atoms with Gasteiger partial charge in [-0.05, 0) is 29.2 Å². The van der Waals surface area contributed by atoms with Gasteiger partial charge in [-0.15, -0.1) is 12.4 Å². The summed E-state index contributed by atoms with van der Waals surface area (Å²) in [7, 11) is 0. The second-order valence-corrected chi connectivity index (χ2v) is 6.10. The molecule has 22 heavy (non-hydrogen) atoms. The quantitative estimate of drug-likeness (QED) is 0.909. The smallest absolute Gasteiger partial charge is 0.224 e. The third-order valence-electron chi connectivity index (χ3n) is 4.53. The van der Waals surface area contributed by atoms with Gasteiger partial charge in [0, 0.05) is 6.54 Å². The van der Waals surface area contributed by atoms with Gasteiger partial charge in [0.05, 0.1) is 12.0 Å². The molecule has 0 radical (unpaired) electrons. The zero-order chi connectivity index (χ0) is 14.7. The highest BCUT2D eigenvalue weighted by Crippen LogP contribution is 2.28. The molecule has 2 aromatic carbocycles. The van der Waals surface area contributed by atoms with Crippen molar-refractivity contribution < 1.29 is 4.79 Å². The fourth-order valence-corrected chi connectivity index (χ4v) is 3.31. The first kappa shape index (κ1) is 16.8. The second kappa shape index (κ2) is 7.12. The Bertz CT molecular complexity index is 650. The predicted octanol–water partition coefficient (Wildman–Crippen LogP) is 3.19. The molecule has 1 amide bonds. The van der Waals surface area contributed by atoms with Crippen LogP contribution < -0.4 is 11.1 Å². The van der Waals surface area contributed by atoms with E-state index in [1.165, 1.54) is 10.8 Å². The van der Waals surface area contributed by atoms with Gasteiger partial charge in [-0.2, -0.15) is 0 Å². The molecule has 0 aromatic heterocycles. The number of hydrogen-bond acceptors (Lipinski definition) is 2. The Kier molecular flexibility index (Phi) is 5.43. The Morgan fingerprint density at radius 3 is 2.45 bits per heavy atom. The van der Waals surface area contributed by atoms with Crippen molar-refractivity contribution in [2.45, 2.75) is 37.6 Å². The van der Waals surface area contributed by atoms with Crippen LogP contribution in [0.2, 0.25) is 0 Å². The van der Waals surface area contributed by atoms with Gasteiger partial charge < -0.3 is 11.1 Å². The lowest BCUT2D eigenvalue weighted by Gasteiger charge is -2.28. The average Bonchev–Trinajstić information content (AvgIpc) is 2.96. The number of amides is 1. The van der Waals surface area contributed by atoms with Crippen LogP contribution in [0, 0.1) is 0 Å². The number of hydrogen-bond donors (Lipinski definition) is 2. The Morgan fingerprint density at radius 2 is 1.77 bits per heavy atom. The maximum atomic E-state index is 12.3. The number of fused-ring (bicyclic) bond motifs is 1. The maximum Gasteiger partial charge on any atom is 0.224 e.